The van der Waals surface area contributed by atoms with Gasteiger partial charge in [0.1, 0.15) is 19.0 Å². The molecule has 0 spiro atoms. The Balaban J connectivity index is 1.75. The molecule has 2 rings (SSSR count). The van der Waals surface area contributed by atoms with Crippen LogP contribution in [0.15, 0.2) is 30.3 Å². The van der Waals surface area contributed by atoms with Crippen LogP contribution in [-0.4, -0.2) is 61.0 Å². The Kier molecular flexibility index (Phi) is 5.89. The quantitative estimate of drug-likeness (QED) is 0.752. The summed E-state index contributed by atoms with van der Waals surface area (Å²) in [4.78, 5) is 23.9. The van der Waals surface area contributed by atoms with Gasteiger partial charge in [0.25, 0.3) is 0 Å². The van der Waals surface area contributed by atoms with Gasteiger partial charge in [-0.05, 0) is 18.6 Å². The highest BCUT2D eigenvalue weighted by Gasteiger charge is 2.64. The van der Waals surface area contributed by atoms with E-state index < -0.39 is 43.0 Å². The molecule has 1 aliphatic heterocycles. The fourth-order valence-electron chi connectivity index (χ4n) is 2.54. The number of benzene rings is 1. The molecule has 138 valence electrons. The second-order valence-electron chi connectivity index (χ2n) is 5.66. The van der Waals surface area contributed by atoms with E-state index in [0.29, 0.717) is 5.75 Å². The van der Waals surface area contributed by atoms with Crippen LogP contribution >= 0.6 is 0 Å². The van der Waals surface area contributed by atoms with Crippen molar-refractivity contribution in [2.45, 2.75) is 12.6 Å². The molecule has 1 atom stereocenters. The third kappa shape index (κ3) is 4.41. The second-order valence-corrected chi connectivity index (χ2v) is 5.66. The van der Waals surface area contributed by atoms with Crippen LogP contribution in [0.3, 0.4) is 0 Å². The Hall–Kier alpha value is -2.29. The minimum atomic E-state index is -4.92. The fourth-order valence-corrected chi connectivity index (χ4v) is 2.54. The SMILES string of the molecule is O=C(COCCOc1ccccc1)N1CCC(C(=O)O)(C(F)(F)F)C1. The molecule has 6 nitrogen and oxygen atoms in total. The number of halogens is 3. The van der Waals surface area contributed by atoms with Gasteiger partial charge in [0.05, 0.1) is 6.61 Å². The summed E-state index contributed by atoms with van der Waals surface area (Å²) in [5.41, 5.74) is -2.90. The number of amides is 1. The van der Waals surface area contributed by atoms with Crippen LogP contribution in [-0.2, 0) is 14.3 Å². The average molecular weight is 361 g/mol. The molecule has 0 aromatic heterocycles. The van der Waals surface area contributed by atoms with E-state index in [1.54, 1.807) is 24.3 Å². The molecule has 1 fully saturated rings. The lowest BCUT2D eigenvalue weighted by Crippen LogP contribution is -2.48. The van der Waals surface area contributed by atoms with Gasteiger partial charge in [0, 0.05) is 13.1 Å². The van der Waals surface area contributed by atoms with Crippen LogP contribution in [0.4, 0.5) is 13.2 Å². The van der Waals surface area contributed by atoms with E-state index in [1.807, 2.05) is 6.07 Å². The molecule has 1 aromatic rings. The molecule has 1 aromatic carbocycles. The molecule has 1 amide bonds. The molecule has 1 saturated heterocycles. The highest BCUT2D eigenvalue weighted by molar-refractivity contribution is 5.82. The molecular formula is C16H18F3NO5. The molecule has 1 heterocycles. The Labute approximate surface area is 142 Å². The molecule has 9 heteroatoms. The number of carbonyl (C=O) groups is 2. The molecule has 25 heavy (non-hydrogen) atoms. The van der Waals surface area contributed by atoms with Gasteiger partial charge in [0.2, 0.25) is 5.91 Å². The Morgan fingerprint density at radius 3 is 2.44 bits per heavy atom. The zero-order valence-corrected chi connectivity index (χ0v) is 13.3. The Morgan fingerprint density at radius 2 is 1.88 bits per heavy atom. The van der Waals surface area contributed by atoms with Crippen LogP contribution in [0.1, 0.15) is 6.42 Å². The summed E-state index contributed by atoms with van der Waals surface area (Å²) in [6, 6.07) is 8.91. The molecule has 0 saturated carbocycles. The minimum absolute atomic E-state index is 0.0812. The number of alkyl halides is 3. The molecule has 1 aliphatic rings. The van der Waals surface area contributed by atoms with E-state index in [2.05, 4.69) is 0 Å². The average Bonchev–Trinajstić information content (AvgIpc) is 3.02. The normalized spacial score (nSPS) is 20.5. The van der Waals surface area contributed by atoms with Crippen LogP contribution < -0.4 is 4.74 Å². The lowest BCUT2D eigenvalue weighted by atomic mass is 9.86. The number of carbonyl (C=O) groups excluding carboxylic acids is 1. The largest absolute Gasteiger partial charge is 0.491 e. The number of carboxylic acids is 1. The number of aliphatic carboxylic acids is 1. The summed E-state index contributed by atoms with van der Waals surface area (Å²) in [5, 5.41) is 8.95. The smallest absolute Gasteiger partial charge is 0.406 e. The fraction of sp³-hybridized carbons (Fsp3) is 0.500. The third-order valence-electron chi connectivity index (χ3n) is 4.04. The summed E-state index contributed by atoms with van der Waals surface area (Å²) in [6.07, 6.45) is -5.58. The molecule has 0 radical (unpaired) electrons. The van der Waals surface area contributed by atoms with E-state index in [0.717, 1.165) is 4.90 Å². The van der Waals surface area contributed by atoms with Crippen LogP contribution in [0.5, 0.6) is 5.75 Å². The number of hydrogen-bond donors (Lipinski definition) is 1. The lowest BCUT2D eigenvalue weighted by molar-refractivity contribution is -0.227. The van der Waals surface area contributed by atoms with Crippen molar-refractivity contribution in [1.29, 1.82) is 0 Å². The maximum Gasteiger partial charge on any atom is 0.406 e. The standard InChI is InChI=1S/C16H18F3NO5/c17-16(18,19)15(14(22)23)6-7-20(11-15)13(21)10-24-8-9-25-12-4-2-1-3-5-12/h1-5H,6-11H2,(H,22,23). The number of para-hydroxylation sites is 1. The first-order chi connectivity index (χ1) is 11.8. The highest BCUT2D eigenvalue weighted by Crippen LogP contribution is 2.45. The van der Waals surface area contributed by atoms with Crippen LogP contribution in [0, 0.1) is 5.41 Å². The van der Waals surface area contributed by atoms with Gasteiger partial charge in [-0.15, -0.1) is 0 Å². The van der Waals surface area contributed by atoms with Crippen molar-refractivity contribution in [1.82, 2.24) is 4.90 Å². The zero-order valence-electron chi connectivity index (χ0n) is 13.3. The van der Waals surface area contributed by atoms with Crippen molar-refractivity contribution < 1.29 is 37.3 Å². The number of ether oxygens (including phenoxy) is 2. The third-order valence-corrected chi connectivity index (χ3v) is 4.04. The zero-order chi connectivity index (χ0) is 18.5. The summed E-state index contributed by atoms with van der Waals surface area (Å²) in [6.45, 7) is -1.33. The van der Waals surface area contributed by atoms with Gasteiger partial charge >= 0.3 is 12.1 Å². The Bertz CT molecular complexity index is 608. The first kappa shape index (κ1) is 19.0. The topological polar surface area (TPSA) is 76.1 Å². The monoisotopic (exact) mass is 361 g/mol. The number of nitrogens with zero attached hydrogens (tertiary/aromatic N) is 1. The van der Waals surface area contributed by atoms with Gasteiger partial charge in [-0.3, -0.25) is 9.59 Å². The predicted octanol–water partition coefficient (Wildman–Crippen LogP) is 1.95. The lowest BCUT2D eigenvalue weighted by Gasteiger charge is -2.27. The first-order valence-corrected chi connectivity index (χ1v) is 7.60. The summed E-state index contributed by atoms with van der Waals surface area (Å²) in [7, 11) is 0. The van der Waals surface area contributed by atoms with Gasteiger partial charge in [-0.2, -0.15) is 13.2 Å². The highest BCUT2D eigenvalue weighted by atomic mass is 19.4. The molecule has 0 bridgehead atoms. The number of likely N-dealkylation sites (tertiary alicyclic amines) is 1. The number of rotatable bonds is 7. The van der Waals surface area contributed by atoms with Crippen molar-refractivity contribution in [2.24, 2.45) is 5.41 Å². The van der Waals surface area contributed by atoms with Crippen LogP contribution in [0.25, 0.3) is 0 Å². The Morgan fingerprint density at radius 1 is 1.20 bits per heavy atom. The van der Waals surface area contributed by atoms with E-state index in [-0.39, 0.29) is 19.8 Å². The van der Waals surface area contributed by atoms with Gasteiger partial charge < -0.3 is 19.5 Å². The van der Waals surface area contributed by atoms with Crippen molar-refractivity contribution in [3.05, 3.63) is 30.3 Å². The van der Waals surface area contributed by atoms with E-state index in [4.69, 9.17) is 14.6 Å². The number of hydrogen-bond acceptors (Lipinski definition) is 4. The summed E-state index contributed by atoms with van der Waals surface area (Å²) >= 11 is 0. The van der Waals surface area contributed by atoms with Crippen molar-refractivity contribution in [3.63, 3.8) is 0 Å². The molecule has 1 N–H and O–H groups in total. The van der Waals surface area contributed by atoms with Gasteiger partial charge in [0.15, 0.2) is 5.41 Å². The van der Waals surface area contributed by atoms with Crippen molar-refractivity contribution in [3.8, 4) is 5.75 Å². The number of carboxylic acid groups (broad SMARTS) is 1. The van der Waals surface area contributed by atoms with Crippen molar-refractivity contribution in [2.75, 3.05) is 32.9 Å². The second kappa shape index (κ2) is 7.73. The predicted molar refractivity (Wildman–Crippen MR) is 80.1 cm³/mol. The van der Waals surface area contributed by atoms with Gasteiger partial charge in [-0.25, -0.2) is 0 Å². The molecular weight excluding hydrogens is 343 g/mol. The molecule has 1 unspecified atom stereocenters. The van der Waals surface area contributed by atoms with E-state index in [1.165, 1.54) is 0 Å². The summed E-state index contributed by atoms with van der Waals surface area (Å²) < 4.78 is 49.6. The van der Waals surface area contributed by atoms with Crippen molar-refractivity contribution >= 4 is 11.9 Å². The first-order valence-electron chi connectivity index (χ1n) is 7.60. The summed E-state index contributed by atoms with van der Waals surface area (Å²) in [5.74, 6) is -2.01. The van der Waals surface area contributed by atoms with Crippen LogP contribution in [0.2, 0.25) is 0 Å². The minimum Gasteiger partial charge on any atom is -0.491 e. The maximum atomic E-state index is 13.1. The van der Waals surface area contributed by atoms with E-state index in [9.17, 15) is 22.8 Å². The van der Waals surface area contributed by atoms with Gasteiger partial charge in [-0.1, -0.05) is 18.2 Å². The maximum absolute atomic E-state index is 13.1. The van der Waals surface area contributed by atoms with E-state index >= 15 is 0 Å². The molecule has 0 aliphatic carbocycles.